The van der Waals surface area contributed by atoms with Gasteiger partial charge >= 0.3 is 0 Å². The molecule has 0 saturated carbocycles. The minimum atomic E-state index is 0.958. The molecule has 0 radical (unpaired) electrons. The average molecular weight is 535 g/mol. The lowest BCUT2D eigenvalue weighted by molar-refractivity contribution is 1.33. The predicted octanol–water partition coefficient (Wildman–Crippen LogP) is 10.6. The Morgan fingerprint density at radius 3 is 1.07 bits per heavy atom. The van der Waals surface area contributed by atoms with Crippen LogP contribution in [0.4, 0.5) is 0 Å². The summed E-state index contributed by atoms with van der Waals surface area (Å²) in [5.41, 5.74) is 8.30. The molecule has 2 heterocycles. The second-order valence-corrected chi connectivity index (χ2v) is 10.6. The van der Waals surface area contributed by atoms with Gasteiger partial charge in [-0.05, 0) is 45.8 Å². The fourth-order valence-corrected chi connectivity index (χ4v) is 6.18. The second kappa shape index (κ2) is 10.1. The van der Waals surface area contributed by atoms with Crippen LogP contribution in [0.2, 0.25) is 0 Å². The van der Waals surface area contributed by atoms with Crippen molar-refractivity contribution in [1.82, 2.24) is 9.97 Å². The molecule has 2 nitrogen and oxygen atoms in total. The number of nitrogens with zero attached hydrogens (tertiary/aromatic N) is 2. The molecule has 0 atom stereocenters. The van der Waals surface area contributed by atoms with E-state index in [9.17, 15) is 0 Å². The molecule has 0 N–H and O–H groups in total. The Balaban J connectivity index is 1.46. The van der Waals surface area contributed by atoms with Gasteiger partial charge in [0.1, 0.15) is 0 Å². The van der Waals surface area contributed by atoms with Crippen LogP contribution in [0.5, 0.6) is 0 Å². The SMILES string of the molecule is c1ccc(-c2cccc(-c3cccc4c5ccccc5c5cccc(-c6cccc(-c7ccccc7)n6)c5c34)n2)cc1. The third-order valence-corrected chi connectivity index (χ3v) is 8.08. The highest BCUT2D eigenvalue weighted by molar-refractivity contribution is 6.31. The van der Waals surface area contributed by atoms with Crippen molar-refractivity contribution in [1.29, 1.82) is 0 Å². The Hall–Kier alpha value is -5.60. The summed E-state index contributed by atoms with van der Waals surface area (Å²) in [6.07, 6.45) is 0. The fraction of sp³-hybridized carbons (Fsp3) is 0. The van der Waals surface area contributed by atoms with Gasteiger partial charge in [-0.3, -0.25) is 0 Å². The molecule has 8 rings (SSSR count). The first-order valence-electron chi connectivity index (χ1n) is 14.3. The van der Waals surface area contributed by atoms with Crippen molar-refractivity contribution in [2.75, 3.05) is 0 Å². The second-order valence-electron chi connectivity index (χ2n) is 10.6. The molecule has 0 aliphatic rings. The van der Waals surface area contributed by atoms with Crippen LogP contribution in [0.15, 0.2) is 158 Å². The van der Waals surface area contributed by atoms with E-state index in [4.69, 9.17) is 9.97 Å². The van der Waals surface area contributed by atoms with Crippen molar-refractivity contribution in [3.05, 3.63) is 158 Å². The summed E-state index contributed by atoms with van der Waals surface area (Å²) in [5.74, 6) is 0. The molecule has 0 spiro atoms. The monoisotopic (exact) mass is 534 g/mol. The minimum absolute atomic E-state index is 0.958. The molecule has 0 unspecified atom stereocenters. The highest BCUT2D eigenvalue weighted by atomic mass is 14.7. The van der Waals surface area contributed by atoms with Crippen LogP contribution in [0, 0.1) is 0 Å². The molecule has 0 aliphatic heterocycles. The van der Waals surface area contributed by atoms with Crippen LogP contribution in [0.1, 0.15) is 0 Å². The molecule has 42 heavy (non-hydrogen) atoms. The molecular weight excluding hydrogens is 508 g/mol. The van der Waals surface area contributed by atoms with Gasteiger partial charge in [0.2, 0.25) is 0 Å². The highest BCUT2D eigenvalue weighted by Gasteiger charge is 2.18. The van der Waals surface area contributed by atoms with E-state index in [-0.39, 0.29) is 0 Å². The van der Waals surface area contributed by atoms with Gasteiger partial charge in [0.15, 0.2) is 0 Å². The van der Waals surface area contributed by atoms with E-state index in [1.54, 1.807) is 0 Å². The third kappa shape index (κ3) is 4.05. The quantitative estimate of drug-likeness (QED) is 0.210. The van der Waals surface area contributed by atoms with Crippen LogP contribution < -0.4 is 0 Å². The number of benzene rings is 6. The zero-order valence-corrected chi connectivity index (χ0v) is 22.9. The van der Waals surface area contributed by atoms with Gasteiger partial charge < -0.3 is 0 Å². The number of hydrogen-bond acceptors (Lipinski definition) is 2. The van der Waals surface area contributed by atoms with Crippen molar-refractivity contribution >= 4 is 32.3 Å². The van der Waals surface area contributed by atoms with Crippen molar-refractivity contribution in [3.63, 3.8) is 0 Å². The first-order chi connectivity index (χ1) is 20.8. The summed E-state index contributed by atoms with van der Waals surface area (Å²) in [6.45, 7) is 0. The fourth-order valence-electron chi connectivity index (χ4n) is 6.18. The van der Waals surface area contributed by atoms with E-state index in [0.29, 0.717) is 0 Å². The number of pyridine rings is 2. The largest absolute Gasteiger partial charge is 0.248 e. The molecule has 6 aromatic carbocycles. The topological polar surface area (TPSA) is 25.8 Å². The summed E-state index contributed by atoms with van der Waals surface area (Å²) in [5, 5.41) is 7.31. The van der Waals surface area contributed by atoms with Gasteiger partial charge in [0.25, 0.3) is 0 Å². The van der Waals surface area contributed by atoms with Gasteiger partial charge in [-0.2, -0.15) is 0 Å². The zero-order chi connectivity index (χ0) is 27.9. The summed E-state index contributed by atoms with van der Waals surface area (Å²) in [6, 6.07) is 55.3. The normalized spacial score (nSPS) is 11.3. The Morgan fingerprint density at radius 2 is 0.619 bits per heavy atom. The summed E-state index contributed by atoms with van der Waals surface area (Å²) >= 11 is 0. The molecule has 0 aliphatic carbocycles. The molecule has 0 fully saturated rings. The molecule has 8 aromatic rings. The Kier molecular flexibility index (Phi) is 5.82. The first-order valence-corrected chi connectivity index (χ1v) is 14.3. The zero-order valence-electron chi connectivity index (χ0n) is 22.9. The number of hydrogen-bond donors (Lipinski definition) is 0. The molecule has 196 valence electrons. The lowest BCUT2D eigenvalue weighted by Crippen LogP contribution is -1.94. The van der Waals surface area contributed by atoms with Gasteiger partial charge in [-0.25, -0.2) is 9.97 Å². The van der Waals surface area contributed by atoms with E-state index < -0.39 is 0 Å². The number of rotatable bonds is 4. The Labute approximate surface area is 244 Å². The Morgan fingerprint density at radius 1 is 0.262 bits per heavy atom. The summed E-state index contributed by atoms with van der Waals surface area (Å²) in [4.78, 5) is 10.4. The van der Waals surface area contributed by atoms with Crippen molar-refractivity contribution in [2.45, 2.75) is 0 Å². The third-order valence-electron chi connectivity index (χ3n) is 8.08. The van der Waals surface area contributed by atoms with Crippen LogP contribution in [-0.4, -0.2) is 9.97 Å². The standard InChI is InChI=1S/C40H26N2/c1-3-13-27(14-4-1)35-23-11-25-37(41-35)33-21-9-19-31-29-17-7-8-18-30(29)32-20-10-22-34(40(32)39(31)33)38-26-12-24-36(42-38)28-15-5-2-6-16-28/h1-26H. The lowest BCUT2D eigenvalue weighted by atomic mass is 9.87. The summed E-state index contributed by atoms with van der Waals surface area (Å²) in [7, 11) is 0. The molecular formula is C40H26N2. The molecule has 2 heteroatoms. The molecule has 0 amide bonds. The van der Waals surface area contributed by atoms with Crippen LogP contribution >= 0.6 is 0 Å². The first kappa shape index (κ1) is 24.2. The van der Waals surface area contributed by atoms with E-state index in [2.05, 4.69) is 146 Å². The minimum Gasteiger partial charge on any atom is -0.248 e. The Bertz CT molecular complexity index is 2070. The van der Waals surface area contributed by atoms with E-state index in [1.165, 1.54) is 32.3 Å². The number of fused-ring (bicyclic) bond motifs is 6. The smallest absolute Gasteiger partial charge is 0.0715 e. The lowest BCUT2D eigenvalue weighted by Gasteiger charge is -2.17. The maximum Gasteiger partial charge on any atom is 0.0715 e. The van der Waals surface area contributed by atoms with Crippen LogP contribution in [-0.2, 0) is 0 Å². The maximum absolute atomic E-state index is 5.19. The molecule has 0 bridgehead atoms. The van der Waals surface area contributed by atoms with Crippen molar-refractivity contribution in [3.8, 4) is 45.0 Å². The number of aromatic nitrogens is 2. The van der Waals surface area contributed by atoms with Gasteiger partial charge in [0.05, 0.1) is 22.8 Å². The van der Waals surface area contributed by atoms with Crippen LogP contribution in [0.25, 0.3) is 77.3 Å². The van der Waals surface area contributed by atoms with Gasteiger partial charge in [-0.15, -0.1) is 0 Å². The maximum atomic E-state index is 5.19. The summed E-state index contributed by atoms with van der Waals surface area (Å²) < 4.78 is 0. The van der Waals surface area contributed by atoms with Gasteiger partial charge in [0, 0.05) is 33.0 Å². The molecule has 2 aromatic heterocycles. The average Bonchev–Trinajstić information content (AvgIpc) is 3.09. The van der Waals surface area contributed by atoms with E-state index >= 15 is 0 Å². The highest BCUT2D eigenvalue weighted by Crippen LogP contribution is 2.43. The van der Waals surface area contributed by atoms with Gasteiger partial charge in [-0.1, -0.05) is 133 Å². The van der Waals surface area contributed by atoms with Crippen molar-refractivity contribution < 1.29 is 0 Å². The predicted molar refractivity (Wildman–Crippen MR) is 176 cm³/mol. The van der Waals surface area contributed by atoms with E-state index in [1.807, 2.05) is 12.1 Å². The van der Waals surface area contributed by atoms with E-state index in [0.717, 1.165) is 45.0 Å². The molecule has 0 saturated heterocycles. The van der Waals surface area contributed by atoms with Crippen LogP contribution in [0.3, 0.4) is 0 Å². The van der Waals surface area contributed by atoms with Crippen molar-refractivity contribution in [2.24, 2.45) is 0 Å².